The highest BCUT2D eigenvalue weighted by atomic mass is 32.2. The third kappa shape index (κ3) is 3.40. The number of thioether (sulfide) groups is 1. The van der Waals surface area contributed by atoms with Crippen LogP contribution in [0.4, 0.5) is 0 Å². The largest absolute Gasteiger partial charge is 0.310 e. The molecule has 1 N–H and O–H groups in total. The molecule has 2 aliphatic carbocycles. The summed E-state index contributed by atoms with van der Waals surface area (Å²) in [7, 11) is 0. The van der Waals surface area contributed by atoms with E-state index >= 15 is 0 Å². The van der Waals surface area contributed by atoms with Gasteiger partial charge in [0, 0.05) is 22.6 Å². The normalized spacial score (nSPS) is 35.6. The summed E-state index contributed by atoms with van der Waals surface area (Å²) in [6.45, 7) is 9.27. The lowest BCUT2D eigenvalue weighted by atomic mass is 9.95. The van der Waals surface area contributed by atoms with Crippen molar-refractivity contribution in [3.8, 4) is 0 Å². The Morgan fingerprint density at radius 2 is 2.00 bits per heavy atom. The molecule has 2 fully saturated rings. The minimum absolute atomic E-state index is 0.407. The summed E-state index contributed by atoms with van der Waals surface area (Å²) < 4.78 is 0.407. The first-order valence-corrected chi connectivity index (χ1v) is 7.82. The van der Waals surface area contributed by atoms with Crippen molar-refractivity contribution in [3.05, 3.63) is 0 Å². The Labute approximate surface area is 105 Å². The molecule has 0 radical (unpaired) electrons. The Morgan fingerprint density at radius 1 is 1.25 bits per heavy atom. The summed E-state index contributed by atoms with van der Waals surface area (Å²) in [5.41, 5.74) is 0. The summed E-state index contributed by atoms with van der Waals surface area (Å²) in [4.78, 5) is 0. The third-order valence-electron chi connectivity index (χ3n) is 4.00. The van der Waals surface area contributed by atoms with E-state index in [1.165, 1.54) is 31.4 Å². The van der Waals surface area contributed by atoms with Gasteiger partial charge in [-0.15, -0.1) is 0 Å². The van der Waals surface area contributed by atoms with Crippen LogP contribution in [0.25, 0.3) is 0 Å². The van der Waals surface area contributed by atoms with E-state index < -0.39 is 0 Å². The molecule has 4 atom stereocenters. The second-order valence-corrected chi connectivity index (χ2v) is 8.62. The molecule has 0 saturated heterocycles. The fourth-order valence-electron chi connectivity index (χ4n) is 3.24. The molecule has 16 heavy (non-hydrogen) atoms. The molecule has 4 unspecified atom stereocenters. The van der Waals surface area contributed by atoms with E-state index in [1.54, 1.807) is 0 Å². The molecule has 0 aromatic carbocycles. The average Bonchev–Trinajstić information content (AvgIpc) is 2.75. The van der Waals surface area contributed by atoms with E-state index in [4.69, 9.17) is 0 Å². The third-order valence-corrected chi connectivity index (χ3v) is 5.54. The van der Waals surface area contributed by atoms with Gasteiger partial charge >= 0.3 is 0 Å². The van der Waals surface area contributed by atoms with Crippen LogP contribution in [0.2, 0.25) is 0 Å². The predicted molar refractivity (Wildman–Crippen MR) is 74.0 cm³/mol. The standard InChI is InChI=1S/C14H27NS/c1-10(9-16-14(2,3)4)15-13-8-11-5-6-12(13)7-11/h10-13,15H,5-9H2,1-4H3. The number of fused-ring (bicyclic) bond motifs is 2. The molecule has 2 rings (SSSR count). The minimum atomic E-state index is 0.407. The zero-order chi connectivity index (χ0) is 11.8. The lowest BCUT2D eigenvalue weighted by Crippen LogP contribution is -2.41. The highest BCUT2D eigenvalue weighted by molar-refractivity contribution is 8.00. The van der Waals surface area contributed by atoms with Gasteiger partial charge in [-0.05, 0) is 38.0 Å². The van der Waals surface area contributed by atoms with Gasteiger partial charge < -0.3 is 5.32 Å². The van der Waals surface area contributed by atoms with Gasteiger partial charge in [0.15, 0.2) is 0 Å². The number of hydrogen-bond donors (Lipinski definition) is 1. The molecule has 2 bridgehead atoms. The van der Waals surface area contributed by atoms with Crippen LogP contribution in [0.3, 0.4) is 0 Å². The summed E-state index contributed by atoms with van der Waals surface area (Å²) in [5.74, 6) is 3.31. The second-order valence-electron chi connectivity index (χ2n) is 6.77. The minimum Gasteiger partial charge on any atom is -0.310 e. The molecule has 0 aliphatic heterocycles. The van der Waals surface area contributed by atoms with Crippen molar-refractivity contribution in [2.24, 2.45) is 11.8 Å². The van der Waals surface area contributed by atoms with Gasteiger partial charge in [0.25, 0.3) is 0 Å². The molecule has 0 amide bonds. The first-order chi connectivity index (χ1) is 7.44. The summed E-state index contributed by atoms with van der Waals surface area (Å²) >= 11 is 2.08. The Balaban J connectivity index is 1.69. The molecule has 1 nitrogen and oxygen atoms in total. The number of hydrogen-bond acceptors (Lipinski definition) is 2. The number of rotatable bonds is 4. The van der Waals surface area contributed by atoms with Crippen molar-refractivity contribution in [3.63, 3.8) is 0 Å². The SMILES string of the molecule is CC(CSC(C)(C)C)NC1CC2CCC1C2. The van der Waals surface area contributed by atoms with E-state index in [0.29, 0.717) is 10.8 Å². The maximum Gasteiger partial charge on any atom is 0.0132 e. The van der Waals surface area contributed by atoms with Gasteiger partial charge in [-0.1, -0.05) is 27.2 Å². The highest BCUT2D eigenvalue weighted by Crippen LogP contribution is 2.44. The lowest BCUT2D eigenvalue weighted by molar-refractivity contribution is 0.333. The van der Waals surface area contributed by atoms with E-state index in [-0.39, 0.29) is 0 Å². The Hall–Kier alpha value is 0.310. The zero-order valence-electron chi connectivity index (χ0n) is 11.3. The van der Waals surface area contributed by atoms with Gasteiger partial charge in [0.05, 0.1) is 0 Å². The molecular weight excluding hydrogens is 214 g/mol. The zero-order valence-corrected chi connectivity index (χ0v) is 12.1. The van der Waals surface area contributed by atoms with Crippen LogP contribution in [0.5, 0.6) is 0 Å². The van der Waals surface area contributed by atoms with Crippen LogP contribution in [0.15, 0.2) is 0 Å². The van der Waals surface area contributed by atoms with Crippen LogP contribution >= 0.6 is 11.8 Å². The maximum atomic E-state index is 3.86. The predicted octanol–water partition coefficient (Wildman–Crippen LogP) is 3.68. The summed E-state index contributed by atoms with van der Waals surface area (Å²) in [5, 5.41) is 3.86. The fraction of sp³-hybridized carbons (Fsp3) is 1.00. The van der Waals surface area contributed by atoms with Gasteiger partial charge in [0.1, 0.15) is 0 Å². The van der Waals surface area contributed by atoms with Crippen molar-refractivity contribution in [1.82, 2.24) is 5.32 Å². The first kappa shape index (κ1) is 12.8. The van der Waals surface area contributed by atoms with Crippen molar-refractivity contribution in [2.45, 2.75) is 70.2 Å². The topological polar surface area (TPSA) is 12.0 Å². The lowest BCUT2D eigenvalue weighted by Gasteiger charge is -2.28. The summed E-state index contributed by atoms with van der Waals surface area (Å²) in [6.07, 6.45) is 5.96. The van der Waals surface area contributed by atoms with Crippen LogP contribution in [0.1, 0.15) is 53.4 Å². The van der Waals surface area contributed by atoms with Gasteiger partial charge in [0.2, 0.25) is 0 Å². The molecule has 0 heterocycles. The van der Waals surface area contributed by atoms with E-state index in [2.05, 4.69) is 44.8 Å². The summed E-state index contributed by atoms with van der Waals surface area (Å²) in [6, 6.07) is 1.52. The molecule has 0 spiro atoms. The average molecular weight is 241 g/mol. The molecule has 2 saturated carbocycles. The van der Waals surface area contributed by atoms with E-state index in [0.717, 1.165) is 17.9 Å². The molecule has 2 aliphatic rings. The quantitative estimate of drug-likeness (QED) is 0.806. The highest BCUT2D eigenvalue weighted by Gasteiger charge is 2.39. The van der Waals surface area contributed by atoms with Crippen molar-refractivity contribution >= 4 is 11.8 Å². The van der Waals surface area contributed by atoms with Crippen LogP contribution < -0.4 is 5.32 Å². The fourth-order valence-corrected chi connectivity index (χ4v) is 4.08. The van der Waals surface area contributed by atoms with Gasteiger partial charge in [-0.2, -0.15) is 11.8 Å². The van der Waals surface area contributed by atoms with Crippen molar-refractivity contribution < 1.29 is 0 Å². The second kappa shape index (κ2) is 4.89. The van der Waals surface area contributed by atoms with Crippen LogP contribution in [-0.4, -0.2) is 22.6 Å². The smallest absolute Gasteiger partial charge is 0.0132 e. The van der Waals surface area contributed by atoms with E-state index in [9.17, 15) is 0 Å². The molecule has 0 aromatic heterocycles. The van der Waals surface area contributed by atoms with Gasteiger partial charge in [-0.25, -0.2) is 0 Å². The Bertz CT molecular complexity index is 233. The van der Waals surface area contributed by atoms with Crippen LogP contribution in [0, 0.1) is 11.8 Å². The van der Waals surface area contributed by atoms with Gasteiger partial charge in [-0.3, -0.25) is 0 Å². The first-order valence-electron chi connectivity index (χ1n) is 6.84. The van der Waals surface area contributed by atoms with Crippen molar-refractivity contribution in [2.75, 3.05) is 5.75 Å². The molecule has 94 valence electrons. The van der Waals surface area contributed by atoms with E-state index in [1.807, 2.05) is 0 Å². The molecule has 0 aromatic rings. The number of nitrogens with one attached hydrogen (secondary N) is 1. The van der Waals surface area contributed by atoms with Crippen molar-refractivity contribution in [1.29, 1.82) is 0 Å². The van der Waals surface area contributed by atoms with Crippen LogP contribution in [-0.2, 0) is 0 Å². The Kier molecular flexibility index (Phi) is 3.90. The maximum absolute atomic E-state index is 3.86. The Morgan fingerprint density at radius 3 is 2.50 bits per heavy atom. The molecular formula is C14H27NS. The monoisotopic (exact) mass is 241 g/mol. The molecule has 2 heteroatoms.